The number of hydrogen-bond acceptors (Lipinski definition) is 7. The second-order valence-corrected chi connectivity index (χ2v) is 10.3. The molecule has 1 saturated carbocycles. The van der Waals surface area contributed by atoms with Crippen LogP contribution >= 0.6 is 11.8 Å². The first-order valence-electron chi connectivity index (χ1n) is 12.5. The summed E-state index contributed by atoms with van der Waals surface area (Å²) in [6.07, 6.45) is 8.78. The van der Waals surface area contributed by atoms with E-state index in [4.69, 9.17) is 14.4 Å². The lowest BCUT2D eigenvalue weighted by Crippen LogP contribution is -2.34. The van der Waals surface area contributed by atoms with E-state index < -0.39 is 0 Å². The number of amides is 1. The largest absolute Gasteiger partial charge is 0.455 e. The first-order valence-corrected chi connectivity index (χ1v) is 13.5. The van der Waals surface area contributed by atoms with Gasteiger partial charge < -0.3 is 14.6 Å². The number of pyridine rings is 1. The fourth-order valence-corrected chi connectivity index (χ4v) is 5.03. The maximum Gasteiger partial charge on any atom is 0.287 e. The molecule has 0 atom stereocenters. The van der Waals surface area contributed by atoms with E-state index in [1.165, 1.54) is 32.1 Å². The lowest BCUT2D eigenvalue weighted by molar-refractivity contribution is 0.0925. The van der Waals surface area contributed by atoms with Crippen LogP contribution in [0.15, 0.2) is 52.2 Å². The summed E-state index contributed by atoms with van der Waals surface area (Å²) in [7, 11) is 2.15. The van der Waals surface area contributed by atoms with Crippen LogP contribution in [-0.4, -0.2) is 40.5 Å². The fraction of sp³-hybridized carbons (Fsp3) is 0.481. The van der Waals surface area contributed by atoms with Gasteiger partial charge in [0.15, 0.2) is 10.9 Å². The van der Waals surface area contributed by atoms with Crippen LogP contribution in [-0.2, 0) is 12.2 Å². The van der Waals surface area contributed by atoms with E-state index in [1.54, 1.807) is 24.0 Å². The Bertz CT molecular complexity index is 1100. The molecule has 4 rings (SSSR count). The van der Waals surface area contributed by atoms with Crippen LogP contribution in [0.4, 0.5) is 5.82 Å². The maximum atomic E-state index is 12.4. The number of carbonyl (C=O) groups is 1. The molecule has 0 aliphatic heterocycles. The van der Waals surface area contributed by atoms with Gasteiger partial charge in [-0.3, -0.25) is 9.78 Å². The molecule has 0 unspecified atom stereocenters. The van der Waals surface area contributed by atoms with Crippen molar-refractivity contribution in [1.82, 2.24) is 20.3 Å². The zero-order valence-electron chi connectivity index (χ0n) is 20.9. The Morgan fingerprint density at radius 1 is 1.17 bits per heavy atom. The molecular formula is C27H35N5O2S. The summed E-state index contributed by atoms with van der Waals surface area (Å²) < 4.78 is 5.81. The summed E-state index contributed by atoms with van der Waals surface area (Å²) in [5.74, 6) is 2.70. The molecular weight excluding hydrogens is 458 g/mol. The van der Waals surface area contributed by atoms with E-state index in [0.29, 0.717) is 36.4 Å². The van der Waals surface area contributed by atoms with Crippen molar-refractivity contribution in [2.45, 2.75) is 75.2 Å². The van der Waals surface area contributed by atoms with Crippen molar-refractivity contribution in [2.24, 2.45) is 0 Å². The van der Waals surface area contributed by atoms with E-state index in [0.717, 1.165) is 28.1 Å². The number of thioether (sulfide) groups is 1. The minimum absolute atomic E-state index is 0.216. The van der Waals surface area contributed by atoms with E-state index >= 15 is 0 Å². The third kappa shape index (κ3) is 7.07. The lowest BCUT2D eigenvalue weighted by atomic mass is 9.94. The summed E-state index contributed by atoms with van der Waals surface area (Å²) in [4.78, 5) is 28.7. The molecule has 0 radical (unpaired) electrons. The Morgan fingerprint density at radius 3 is 2.74 bits per heavy atom. The minimum Gasteiger partial charge on any atom is -0.455 e. The average Bonchev–Trinajstić information content (AvgIpc) is 3.37. The van der Waals surface area contributed by atoms with E-state index in [9.17, 15) is 4.79 Å². The predicted molar refractivity (Wildman–Crippen MR) is 140 cm³/mol. The quantitative estimate of drug-likeness (QED) is 0.290. The molecule has 1 aliphatic carbocycles. The maximum absolute atomic E-state index is 12.4. The molecule has 1 N–H and O–H groups in total. The zero-order chi connectivity index (χ0) is 24.6. The number of nitrogens with zero attached hydrogens (tertiary/aromatic N) is 4. The van der Waals surface area contributed by atoms with Crippen LogP contribution in [0.3, 0.4) is 0 Å². The Morgan fingerprint density at radius 2 is 2.00 bits per heavy atom. The molecule has 186 valence electrons. The standard InChI is InChI=1S/C27H35N5O2S/c1-19(2)23-17-25(32(3)21-10-5-4-6-11-21)31-27(30-23)35-18-22-12-13-24(34-22)26(33)29-16-14-20-9-7-8-15-28-20/h7-9,12-13,15,17,19,21H,4-6,10-11,14,16,18H2,1-3H3,(H,29,33). The van der Waals surface area contributed by atoms with E-state index in [1.807, 2.05) is 24.3 Å². The van der Waals surface area contributed by atoms with Gasteiger partial charge in [-0.05, 0) is 43.0 Å². The highest BCUT2D eigenvalue weighted by Gasteiger charge is 2.21. The molecule has 8 heteroatoms. The van der Waals surface area contributed by atoms with Gasteiger partial charge in [-0.1, -0.05) is 50.9 Å². The van der Waals surface area contributed by atoms with Gasteiger partial charge in [0.05, 0.1) is 5.75 Å². The molecule has 3 heterocycles. The third-order valence-electron chi connectivity index (χ3n) is 6.41. The van der Waals surface area contributed by atoms with Crippen molar-refractivity contribution in [2.75, 3.05) is 18.5 Å². The summed E-state index contributed by atoms with van der Waals surface area (Å²) in [6, 6.07) is 12.0. The van der Waals surface area contributed by atoms with Gasteiger partial charge in [-0.2, -0.15) is 0 Å². The van der Waals surface area contributed by atoms with Crippen molar-refractivity contribution in [3.05, 3.63) is 65.5 Å². The summed E-state index contributed by atoms with van der Waals surface area (Å²) in [6.45, 7) is 4.83. The van der Waals surface area contributed by atoms with E-state index in [2.05, 4.69) is 42.2 Å². The number of furan rings is 1. The van der Waals surface area contributed by atoms with Crippen molar-refractivity contribution in [3.8, 4) is 0 Å². The molecule has 0 aromatic carbocycles. The fourth-order valence-electron chi connectivity index (χ4n) is 4.28. The lowest BCUT2D eigenvalue weighted by Gasteiger charge is -2.32. The second-order valence-electron chi connectivity index (χ2n) is 9.37. The molecule has 35 heavy (non-hydrogen) atoms. The Hall–Kier alpha value is -2.87. The number of anilines is 1. The summed E-state index contributed by atoms with van der Waals surface area (Å²) in [5, 5.41) is 3.64. The molecule has 3 aromatic heterocycles. The first-order chi connectivity index (χ1) is 17.0. The van der Waals surface area contributed by atoms with Gasteiger partial charge >= 0.3 is 0 Å². The Balaban J connectivity index is 1.35. The smallest absolute Gasteiger partial charge is 0.287 e. The average molecular weight is 494 g/mol. The summed E-state index contributed by atoms with van der Waals surface area (Å²) >= 11 is 1.54. The normalized spacial score (nSPS) is 14.3. The molecule has 1 amide bonds. The van der Waals surface area contributed by atoms with Gasteiger partial charge in [-0.25, -0.2) is 9.97 Å². The van der Waals surface area contributed by atoms with Crippen LogP contribution in [0.1, 0.15) is 79.6 Å². The SMILES string of the molecule is CC(C)c1cc(N(C)C2CCCCC2)nc(SCc2ccc(C(=O)NCCc3ccccn3)o2)n1. The number of aromatic nitrogens is 3. The van der Waals surface area contributed by atoms with Gasteiger partial charge in [-0.15, -0.1) is 0 Å². The van der Waals surface area contributed by atoms with Crippen LogP contribution in [0.5, 0.6) is 0 Å². The first kappa shape index (κ1) is 25.2. The van der Waals surface area contributed by atoms with E-state index in [-0.39, 0.29) is 5.91 Å². The van der Waals surface area contributed by atoms with Gasteiger partial charge in [0.2, 0.25) is 0 Å². The highest BCUT2D eigenvalue weighted by atomic mass is 32.2. The molecule has 0 spiro atoms. The number of carbonyl (C=O) groups excluding carboxylic acids is 1. The van der Waals surface area contributed by atoms with Crippen molar-refractivity contribution < 1.29 is 9.21 Å². The van der Waals surface area contributed by atoms with Crippen LogP contribution in [0.25, 0.3) is 0 Å². The van der Waals surface area contributed by atoms with Crippen molar-refractivity contribution in [1.29, 1.82) is 0 Å². The zero-order valence-corrected chi connectivity index (χ0v) is 21.7. The Labute approximate surface area is 212 Å². The predicted octanol–water partition coefficient (Wildman–Crippen LogP) is 5.62. The highest BCUT2D eigenvalue weighted by molar-refractivity contribution is 7.98. The van der Waals surface area contributed by atoms with Crippen LogP contribution in [0, 0.1) is 0 Å². The molecule has 1 aliphatic rings. The Kier molecular flexibility index (Phi) is 8.79. The van der Waals surface area contributed by atoms with Crippen LogP contribution < -0.4 is 10.2 Å². The molecule has 0 bridgehead atoms. The van der Waals surface area contributed by atoms with Crippen molar-refractivity contribution in [3.63, 3.8) is 0 Å². The van der Waals surface area contributed by atoms with Gasteiger partial charge in [0, 0.05) is 49.7 Å². The van der Waals surface area contributed by atoms with Crippen molar-refractivity contribution >= 4 is 23.5 Å². The topological polar surface area (TPSA) is 84.2 Å². The molecule has 1 fully saturated rings. The third-order valence-corrected chi connectivity index (χ3v) is 7.28. The molecule has 7 nitrogen and oxygen atoms in total. The molecule has 3 aromatic rings. The second kappa shape index (κ2) is 12.2. The highest BCUT2D eigenvalue weighted by Crippen LogP contribution is 2.29. The van der Waals surface area contributed by atoms with Gasteiger partial charge in [0.1, 0.15) is 11.6 Å². The number of nitrogens with one attached hydrogen (secondary N) is 1. The monoisotopic (exact) mass is 493 g/mol. The van der Waals surface area contributed by atoms with Gasteiger partial charge in [0.25, 0.3) is 5.91 Å². The summed E-state index contributed by atoms with van der Waals surface area (Å²) in [5.41, 5.74) is 1.99. The molecule has 0 saturated heterocycles. The van der Waals surface area contributed by atoms with Crippen LogP contribution in [0.2, 0.25) is 0 Å². The number of rotatable bonds is 10. The minimum atomic E-state index is -0.216. The number of hydrogen-bond donors (Lipinski definition) is 1.